The second kappa shape index (κ2) is 13.7. The predicted octanol–water partition coefficient (Wildman–Crippen LogP) is 3.58. The van der Waals surface area contributed by atoms with Crippen LogP contribution in [0.25, 0.3) is 0 Å². The number of benzene rings is 2. The molecule has 2 amide bonds. The van der Waals surface area contributed by atoms with Crippen molar-refractivity contribution in [1.82, 2.24) is 10.2 Å². The number of para-hydroxylation sites is 2. The van der Waals surface area contributed by atoms with E-state index in [4.69, 9.17) is 4.74 Å². The fourth-order valence-electron chi connectivity index (χ4n) is 3.72. The number of methoxy groups -OCH3 is 1. The van der Waals surface area contributed by atoms with Crippen molar-refractivity contribution < 1.29 is 22.7 Å². The van der Waals surface area contributed by atoms with Gasteiger partial charge in [-0.05, 0) is 37.5 Å². The van der Waals surface area contributed by atoms with Crippen molar-refractivity contribution >= 4 is 27.5 Å². The number of ether oxygens (including phenoxy) is 1. The zero-order valence-corrected chi connectivity index (χ0v) is 21.9. The van der Waals surface area contributed by atoms with Gasteiger partial charge in [-0.3, -0.25) is 13.9 Å². The number of carbonyl (C=O) groups excluding carboxylic acids is 2. The summed E-state index contributed by atoms with van der Waals surface area (Å²) >= 11 is 0. The first-order valence-electron chi connectivity index (χ1n) is 11.9. The molecule has 8 nitrogen and oxygen atoms in total. The zero-order valence-electron chi connectivity index (χ0n) is 21.1. The number of nitrogens with one attached hydrogen (secondary N) is 1. The molecular formula is C26H37N3O5S. The lowest BCUT2D eigenvalue weighted by Gasteiger charge is -2.29. The van der Waals surface area contributed by atoms with Crippen LogP contribution in [-0.4, -0.2) is 57.6 Å². The average Bonchev–Trinajstić information content (AvgIpc) is 2.84. The van der Waals surface area contributed by atoms with Crippen LogP contribution in [0.1, 0.15) is 45.1 Å². The highest BCUT2D eigenvalue weighted by Crippen LogP contribution is 2.29. The molecule has 0 unspecified atom stereocenters. The molecule has 35 heavy (non-hydrogen) atoms. The number of anilines is 1. The lowest BCUT2D eigenvalue weighted by Crippen LogP contribution is -2.47. The Kier molecular flexibility index (Phi) is 11.0. The van der Waals surface area contributed by atoms with E-state index >= 15 is 0 Å². The summed E-state index contributed by atoms with van der Waals surface area (Å²) in [7, 11) is -2.11. The van der Waals surface area contributed by atoms with Crippen molar-refractivity contribution in [3.05, 3.63) is 60.2 Å². The third-order valence-electron chi connectivity index (χ3n) is 5.70. The molecule has 1 atom stereocenters. The largest absolute Gasteiger partial charge is 0.495 e. The van der Waals surface area contributed by atoms with Crippen molar-refractivity contribution in [2.24, 2.45) is 0 Å². The van der Waals surface area contributed by atoms with Crippen LogP contribution in [-0.2, 0) is 26.2 Å². The van der Waals surface area contributed by atoms with Crippen molar-refractivity contribution in [1.29, 1.82) is 0 Å². The van der Waals surface area contributed by atoms with Gasteiger partial charge in [-0.2, -0.15) is 0 Å². The molecular weight excluding hydrogens is 466 g/mol. The molecule has 9 heteroatoms. The summed E-state index contributed by atoms with van der Waals surface area (Å²) in [5, 5.41) is 2.90. The number of hydrogen-bond donors (Lipinski definition) is 1. The van der Waals surface area contributed by atoms with Crippen LogP contribution >= 0.6 is 0 Å². The fraction of sp³-hybridized carbons (Fsp3) is 0.462. The quantitative estimate of drug-likeness (QED) is 0.398. The Morgan fingerprint density at radius 3 is 2.31 bits per heavy atom. The minimum Gasteiger partial charge on any atom is -0.495 e. The molecule has 0 aliphatic carbocycles. The second-order valence-corrected chi connectivity index (χ2v) is 10.3. The molecule has 0 saturated heterocycles. The topological polar surface area (TPSA) is 96.0 Å². The number of carbonyl (C=O) groups is 2. The lowest BCUT2D eigenvalue weighted by atomic mass is 10.1. The van der Waals surface area contributed by atoms with E-state index in [-0.39, 0.29) is 24.8 Å². The first kappa shape index (κ1) is 28.2. The van der Waals surface area contributed by atoms with Crippen LogP contribution in [0, 0.1) is 0 Å². The Bertz CT molecular complexity index is 1060. The second-order valence-electron chi connectivity index (χ2n) is 8.44. The molecule has 0 saturated carbocycles. The molecule has 0 heterocycles. The van der Waals surface area contributed by atoms with Crippen LogP contribution in [0.2, 0.25) is 0 Å². The van der Waals surface area contributed by atoms with Gasteiger partial charge in [-0.25, -0.2) is 8.42 Å². The van der Waals surface area contributed by atoms with E-state index in [0.29, 0.717) is 30.9 Å². The van der Waals surface area contributed by atoms with Crippen LogP contribution in [0.3, 0.4) is 0 Å². The summed E-state index contributed by atoms with van der Waals surface area (Å²) in [5.41, 5.74) is 1.34. The summed E-state index contributed by atoms with van der Waals surface area (Å²) in [6, 6.07) is 15.7. The van der Waals surface area contributed by atoms with Gasteiger partial charge in [0.1, 0.15) is 11.8 Å². The molecule has 1 N–H and O–H groups in total. The lowest BCUT2D eigenvalue weighted by molar-refractivity contribution is -0.140. The molecule has 0 aliphatic rings. The smallest absolute Gasteiger partial charge is 0.242 e. The summed E-state index contributed by atoms with van der Waals surface area (Å²) in [6.45, 7) is 4.74. The first-order valence-corrected chi connectivity index (χ1v) is 13.8. The predicted molar refractivity (Wildman–Crippen MR) is 139 cm³/mol. The number of rotatable bonds is 14. The van der Waals surface area contributed by atoms with Crippen LogP contribution < -0.4 is 14.4 Å². The van der Waals surface area contributed by atoms with Crippen molar-refractivity contribution in [2.75, 3.05) is 30.8 Å². The standard InChI is InChI=1S/C26H37N3O5S/c1-5-6-18-27-26(31)21(2)28(20-22-13-8-7-9-14-22)25(30)17-12-19-29(35(4,32)33)23-15-10-11-16-24(23)34-3/h7-11,13-16,21H,5-6,12,17-20H2,1-4H3,(H,27,31)/t21-/m1/s1. The van der Waals surface area contributed by atoms with E-state index in [9.17, 15) is 18.0 Å². The number of hydrogen-bond acceptors (Lipinski definition) is 5. The van der Waals surface area contributed by atoms with Gasteiger partial charge in [0.25, 0.3) is 0 Å². The van der Waals surface area contributed by atoms with Gasteiger partial charge >= 0.3 is 0 Å². The summed E-state index contributed by atoms with van der Waals surface area (Å²) in [5.74, 6) is 0.0299. The maximum atomic E-state index is 13.3. The van der Waals surface area contributed by atoms with Crippen LogP contribution in [0.5, 0.6) is 5.75 Å². The monoisotopic (exact) mass is 503 g/mol. The Labute approximate surface area is 209 Å². The van der Waals surface area contributed by atoms with Gasteiger partial charge in [0, 0.05) is 26.1 Å². The molecule has 0 aliphatic heterocycles. The number of nitrogens with zero attached hydrogens (tertiary/aromatic N) is 2. The Morgan fingerprint density at radius 1 is 1.03 bits per heavy atom. The SMILES string of the molecule is CCCCNC(=O)[C@@H](C)N(Cc1ccccc1)C(=O)CCCN(c1ccccc1OC)S(C)(=O)=O. The van der Waals surface area contributed by atoms with Gasteiger partial charge < -0.3 is 15.0 Å². The third-order valence-corrected chi connectivity index (χ3v) is 6.88. The van der Waals surface area contributed by atoms with E-state index in [1.165, 1.54) is 11.4 Å². The zero-order chi connectivity index (χ0) is 25.8. The van der Waals surface area contributed by atoms with Gasteiger partial charge in [-0.15, -0.1) is 0 Å². The molecule has 192 valence electrons. The fourth-order valence-corrected chi connectivity index (χ4v) is 4.69. The summed E-state index contributed by atoms with van der Waals surface area (Å²) in [6.07, 6.45) is 3.35. The molecule has 2 aromatic rings. The number of unbranched alkanes of at least 4 members (excludes halogenated alkanes) is 1. The third kappa shape index (κ3) is 8.58. The first-order chi connectivity index (χ1) is 16.7. The highest BCUT2D eigenvalue weighted by Gasteiger charge is 2.27. The normalized spacial score (nSPS) is 12.0. The van der Waals surface area contributed by atoms with E-state index in [0.717, 1.165) is 24.7 Å². The molecule has 0 spiro atoms. The van der Waals surface area contributed by atoms with Gasteiger partial charge in [-0.1, -0.05) is 55.8 Å². The molecule has 0 radical (unpaired) electrons. The van der Waals surface area contributed by atoms with Crippen molar-refractivity contribution in [3.63, 3.8) is 0 Å². The van der Waals surface area contributed by atoms with Gasteiger partial charge in [0.05, 0.1) is 19.1 Å². The van der Waals surface area contributed by atoms with Crippen LogP contribution in [0.4, 0.5) is 5.69 Å². The molecule has 0 bridgehead atoms. The minimum atomic E-state index is -3.60. The van der Waals surface area contributed by atoms with E-state index in [2.05, 4.69) is 5.32 Å². The number of amides is 2. The number of sulfonamides is 1. The van der Waals surface area contributed by atoms with Crippen LogP contribution in [0.15, 0.2) is 54.6 Å². The highest BCUT2D eigenvalue weighted by molar-refractivity contribution is 7.92. The Hall–Kier alpha value is -3.07. The molecule has 2 aromatic carbocycles. The van der Waals surface area contributed by atoms with Crippen molar-refractivity contribution in [2.45, 2.75) is 52.1 Å². The molecule has 2 rings (SSSR count). The molecule has 0 fully saturated rings. The maximum Gasteiger partial charge on any atom is 0.242 e. The van der Waals surface area contributed by atoms with E-state index in [1.807, 2.05) is 37.3 Å². The molecule has 0 aromatic heterocycles. The van der Waals surface area contributed by atoms with E-state index < -0.39 is 16.1 Å². The van der Waals surface area contributed by atoms with Crippen molar-refractivity contribution in [3.8, 4) is 5.75 Å². The minimum absolute atomic E-state index is 0.0978. The Morgan fingerprint density at radius 2 is 1.69 bits per heavy atom. The summed E-state index contributed by atoms with van der Waals surface area (Å²) in [4.78, 5) is 27.5. The summed E-state index contributed by atoms with van der Waals surface area (Å²) < 4.78 is 31.6. The van der Waals surface area contributed by atoms with E-state index in [1.54, 1.807) is 36.1 Å². The van der Waals surface area contributed by atoms with Gasteiger partial charge in [0.2, 0.25) is 21.8 Å². The van der Waals surface area contributed by atoms with Gasteiger partial charge in [0.15, 0.2) is 0 Å². The Balaban J connectivity index is 2.14. The average molecular weight is 504 g/mol. The maximum absolute atomic E-state index is 13.3. The highest BCUT2D eigenvalue weighted by atomic mass is 32.2.